The first-order chi connectivity index (χ1) is 7.38. The van der Waals surface area contributed by atoms with Crippen LogP contribution in [0.2, 0.25) is 0 Å². The molecule has 0 spiro atoms. The Kier molecular flexibility index (Phi) is 2.52. The van der Waals surface area contributed by atoms with E-state index in [0.717, 1.165) is 17.9 Å². The molecular weight excluding hydrogens is 204 g/mol. The maximum atomic E-state index is 10.9. The van der Waals surface area contributed by atoms with Crippen molar-refractivity contribution in [2.75, 3.05) is 0 Å². The fourth-order valence-corrected chi connectivity index (χ4v) is 2.01. The molecule has 0 aromatic carbocycles. The van der Waals surface area contributed by atoms with Crippen LogP contribution in [-0.2, 0) is 23.2 Å². The van der Waals surface area contributed by atoms with Crippen LogP contribution in [0.5, 0.6) is 0 Å². The maximum Gasteiger partial charge on any atom is 0.308 e. The molecule has 1 aromatic heterocycles. The maximum absolute atomic E-state index is 10.9. The molecule has 1 aromatic rings. The molecule has 88 valence electrons. The summed E-state index contributed by atoms with van der Waals surface area (Å²) in [6, 6.07) is 0. The molecule has 4 heteroatoms. The SMILES string of the molecule is CC(C)(C)c1cn2c(n1)CC[C@H](C(=O)O)C2. The summed E-state index contributed by atoms with van der Waals surface area (Å²) in [5.41, 5.74) is 1.08. The van der Waals surface area contributed by atoms with Crippen molar-refractivity contribution >= 4 is 5.97 Å². The summed E-state index contributed by atoms with van der Waals surface area (Å²) >= 11 is 0. The Morgan fingerprint density at radius 2 is 2.25 bits per heavy atom. The molecule has 0 amide bonds. The van der Waals surface area contributed by atoms with E-state index in [9.17, 15) is 4.79 Å². The van der Waals surface area contributed by atoms with Gasteiger partial charge in [-0.1, -0.05) is 20.8 Å². The van der Waals surface area contributed by atoms with Crippen LogP contribution in [0.1, 0.15) is 38.7 Å². The van der Waals surface area contributed by atoms with Crippen LogP contribution >= 0.6 is 0 Å². The third-order valence-corrected chi connectivity index (χ3v) is 3.11. The first-order valence-corrected chi connectivity index (χ1v) is 5.67. The van der Waals surface area contributed by atoms with E-state index in [1.54, 1.807) is 0 Å². The van der Waals surface area contributed by atoms with Crippen molar-refractivity contribution in [2.45, 2.75) is 45.6 Å². The van der Waals surface area contributed by atoms with Gasteiger partial charge in [0.05, 0.1) is 11.6 Å². The predicted molar refractivity (Wildman–Crippen MR) is 60.4 cm³/mol. The molecule has 0 saturated carbocycles. The Hall–Kier alpha value is -1.32. The largest absolute Gasteiger partial charge is 0.481 e. The van der Waals surface area contributed by atoms with Gasteiger partial charge in [-0.3, -0.25) is 4.79 Å². The van der Waals surface area contributed by atoms with Gasteiger partial charge in [0.1, 0.15) is 5.82 Å². The lowest BCUT2D eigenvalue weighted by Crippen LogP contribution is -2.26. The molecule has 0 bridgehead atoms. The van der Waals surface area contributed by atoms with E-state index in [4.69, 9.17) is 5.11 Å². The van der Waals surface area contributed by atoms with Gasteiger partial charge in [0.2, 0.25) is 0 Å². The highest BCUT2D eigenvalue weighted by Crippen LogP contribution is 2.26. The van der Waals surface area contributed by atoms with Crippen molar-refractivity contribution in [3.63, 3.8) is 0 Å². The van der Waals surface area contributed by atoms with Crippen LogP contribution in [-0.4, -0.2) is 20.6 Å². The second-order valence-corrected chi connectivity index (χ2v) is 5.52. The van der Waals surface area contributed by atoms with Gasteiger partial charge >= 0.3 is 5.97 Å². The lowest BCUT2D eigenvalue weighted by molar-refractivity contribution is -0.142. The Bertz CT molecular complexity index is 415. The minimum Gasteiger partial charge on any atom is -0.481 e. The highest BCUT2D eigenvalue weighted by atomic mass is 16.4. The normalized spacial score (nSPS) is 20.6. The number of fused-ring (bicyclic) bond motifs is 1. The van der Waals surface area contributed by atoms with E-state index in [1.807, 2.05) is 10.8 Å². The van der Waals surface area contributed by atoms with E-state index in [2.05, 4.69) is 25.8 Å². The van der Waals surface area contributed by atoms with E-state index < -0.39 is 5.97 Å². The number of rotatable bonds is 1. The van der Waals surface area contributed by atoms with Gasteiger partial charge in [0.25, 0.3) is 0 Å². The number of carbonyl (C=O) groups is 1. The van der Waals surface area contributed by atoms with Crippen LogP contribution in [0.15, 0.2) is 6.20 Å². The highest BCUT2D eigenvalue weighted by molar-refractivity contribution is 5.70. The number of hydrogen-bond donors (Lipinski definition) is 1. The van der Waals surface area contributed by atoms with Crippen LogP contribution in [0.4, 0.5) is 0 Å². The van der Waals surface area contributed by atoms with Crippen molar-refractivity contribution in [1.82, 2.24) is 9.55 Å². The molecular formula is C12H18N2O2. The Morgan fingerprint density at radius 3 is 2.81 bits per heavy atom. The molecule has 0 saturated heterocycles. The molecule has 0 aliphatic carbocycles. The Morgan fingerprint density at radius 1 is 1.56 bits per heavy atom. The number of carboxylic acid groups (broad SMARTS) is 1. The van der Waals surface area contributed by atoms with Crippen molar-refractivity contribution in [2.24, 2.45) is 5.92 Å². The van der Waals surface area contributed by atoms with Crippen LogP contribution in [0.25, 0.3) is 0 Å². The lowest BCUT2D eigenvalue weighted by Gasteiger charge is -2.19. The fraction of sp³-hybridized carbons (Fsp3) is 0.667. The summed E-state index contributed by atoms with van der Waals surface area (Å²) in [6.45, 7) is 6.93. The fourth-order valence-electron chi connectivity index (χ4n) is 2.01. The van der Waals surface area contributed by atoms with Gasteiger partial charge in [-0.05, 0) is 6.42 Å². The van der Waals surface area contributed by atoms with Gasteiger partial charge in [-0.25, -0.2) is 4.98 Å². The topological polar surface area (TPSA) is 55.1 Å². The number of hydrogen-bond acceptors (Lipinski definition) is 2. The highest BCUT2D eigenvalue weighted by Gasteiger charge is 2.27. The molecule has 1 atom stereocenters. The molecule has 1 aliphatic heterocycles. The Balaban J connectivity index is 2.27. The molecule has 1 aliphatic rings. The van der Waals surface area contributed by atoms with Crippen LogP contribution in [0, 0.1) is 5.92 Å². The van der Waals surface area contributed by atoms with E-state index >= 15 is 0 Å². The van der Waals surface area contributed by atoms with Crippen molar-refractivity contribution in [1.29, 1.82) is 0 Å². The molecule has 2 heterocycles. The predicted octanol–water partition coefficient (Wildman–Crippen LogP) is 1.83. The van der Waals surface area contributed by atoms with E-state index in [-0.39, 0.29) is 11.3 Å². The van der Waals surface area contributed by atoms with Gasteiger partial charge in [-0.15, -0.1) is 0 Å². The number of aliphatic carboxylic acids is 1. The number of nitrogens with zero attached hydrogens (tertiary/aromatic N) is 2. The molecule has 4 nitrogen and oxygen atoms in total. The number of imidazole rings is 1. The zero-order valence-electron chi connectivity index (χ0n) is 10.0. The second-order valence-electron chi connectivity index (χ2n) is 5.52. The summed E-state index contributed by atoms with van der Waals surface area (Å²) in [6.07, 6.45) is 3.48. The standard InChI is InChI=1S/C12H18N2O2/c1-12(2,3)9-7-14-6-8(11(15)16)4-5-10(14)13-9/h7-8H,4-6H2,1-3H3,(H,15,16)/t8-/m0/s1. The third-order valence-electron chi connectivity index (χ3n) is 3.11. The number of carboxylic acids is 1. The summed E-state index contributed by atoms with van der Waals surface area (Å²) in [5, 5.41) is 9.00. The summed E-state index contributed by atoms with van der Waals surface area (Å²) in [7, 11) is 0. The second kappa shape index (κ2) is 3.61. The van der Waals surface area contributed by atoms with Crippen molar-refractivity contribution < 1.29 is 9.90 Å². The zero-order chi connectivity index (χ0) is 11.9. The first kappa shape index (κ1) is 11.2. The molecule has 0 radical (unpaired) electrons. The molecule has 1 N–H and O–H groups in total. The average molecular weight is 222 g/mol. The quantitative estimate of drug-likeness (QED) is 0.788. The van der Waals surface area contributed by atoms with Gasteiger partial charge in [-0.2, -0.15) is 0 Å². The average Bonchev–Trinajstić information content (AvgIpc) is 2.58. The molecule has 0 fully saturated rings. The lowest BCUT2D eigenvalue weighted by atomic mass is 9.93. The van der Waals surface area contributed by atoms with Crippen molar-refractivity contribution in [3.05, 3.63) is 17.7 Å². The van der Waals surface area contributed by atoms with E-state index in [0.29, 0.717) is 13.0 Å². The van der Waals surface area contributed by atoms with Crippen molar-refractivity contribution in [3.8, 4) is 0 Å². The number of aryl methyl sites for hydroxylation is 1. The summed E-state index contributed by atoms with van der Waals surface area (Å²) in [5.74, 6) is 0.0774. The first-order valence-electron chi connectivity index (χ1n) is 5.67. The summed E-state index contributed by atoms with van der Waals surface area (Å²) < 4.78 is 2.00. The monoisotopic (exact) mass is 222 g/mol. The molecule has 16 heavy (non-hydrogen) atoms. The van der Waals surface area contributed by atoms with E-state index in [1.165, 1.54) is 0 Å². The smallest absolute Gasteiger partial charge is 0.308 e. The number of aromatic nitrogens is 2. The van der Waals surface area contributed by atoms with Crippen LogP contribution < -0.4 is 0 Å². The Labute approximate surface area is 95.3 Å². The molecule has 2 rings (SSSR count). The van der Waals surface area contributed by atoms with Gasteiger partial charge in [0.15, 0.2) is 0 Å². The zero-order valence-corrected chi connectivity index (χ0v) is 10.0. The molecule has 0 unspecified atom stereocenters. The van der Waals surface area contributed by atoms with Crippen LogP contribution in [0.3, 0.4) is 0 Å². The van der Waals surface area contributed by atoms with Gasteiger partial charge in [0, 0.05) is 24.6 Å². The minimum atomic E-state index is -0.698. The minimum absolute atomic E-state index is 0.0308. The van der Waals surface area contributed by atoms with Gasteiger partial charge < -0.3 is 9.67 Å². The summed E-state index contributed by atoms with van der Waals surface area (Å²) in [4.78, 5) is 15.5. The third kappa shape index (κ3) is 1.96.